The van der Waals surface area contributed by atoms with Crippen molar-refractivity contribution in [1.29, 1.82) is 0 Å². The van der Waals surface area contributed by atoms with E-state index in [9.17, 15) is 95.2 Å². The lowest BCUT2D eigenvalue weighted by Crippen LogP contribution is -2.65. The summed E-state index contributed by atoms with van der Waals surface area (Å²) in [5.41, 5.74) is 0. The van der Waals surface area contributed by atoms with Crippen LogP contribution in [0, 0.1) is 0 Å². The van der Waals surface area contributed by atoms with Gasteiger partial charge in [-0.2, -0.15) is 0 Å². The topological polar surface area (TPSA) is 491 Å². The first-order valence-electron chi connectivity index (χ1n) is 25.0. The summed E-state index contributed by atoms with van der Waals surface area (Å²) in [6, 6.07) is 0. The summed E-state index contributed by atoms with van der Waals surface area (Å²) in [7, 11) is 0. The molecule has 0 bridgehead atoms. The summed E-state index contributed by atoms with van der Waals surface area (Å²) in [4.78, 5) is 80.9. The third kappa shape index (κ3) is 17.8. The van der Waals surface area contributed by atoms with E-state index in [0.29, 0.717) is 24.3 Å². The number of nitrogens with zero attached hydrogens (tertiary/aromatic N) is 2. The molecule has 0 aliphatic carbocycles. The molecule has 20 atom stereocenters. The highest BCUT2D eigenvalue weighted by atomic mass is 16.8. The Balaban J connectivity index is 1.15. The van der Waals surface area contributed by atoms with Gasteiger partial charge in [0.1, 0.15) is 91.6 Å². The second-order valence-electron chi connectivity index (χ2n) is 18.8. The van der Waals surface area contributed by atoms with Crippen molar-refractivity contribution in [3.8, 4) is 0 Å². The lowest BCUT2D eigenvalue weighted by Gasteiger charge is -2.46. The number of unbranched alkanes of at least 4 members (excludes halogenated alkanes) is 2. The number of carbonyl (C=O) groups excluding carboxylic acids is 6. The van der Waals surface area contributed by atoms with Crippen molar-refractivity contribution >= 4 is 35.5 Å². The molecule has 0 aromatic carbocycles. The summed E-state index contributed by atoms with van der Waals surface area (Å²) >= 11 is 0. The molecule has 5 fully saturated rings. The summed E-state index contributed by atoms with van der Waals surface area (Å²) in [5.74, 6) is -4.07. The normalized spacial score (nSPS) is 36.7. The smallest absolute Gasteiger partial charge is 0.333 e. The molecule has 16 N–H and O–H groups in total. The van der Waals surface area contributed by atoms with Crippen LogP contribution in [0.15, 0.2) is 0 Å². The molecule has 0 radical (unpaired) electrons. The monoisotopic (exact) mass is 1120 g/mol. The van der Waals surface area contributed by atoms with E-state index in [1.807, 2.05) is 0 Å². The standard InChI is InChI=1S/C44H73N5O28/c1-19-29(58)33(62)36(65)41(72-19)69-11-9-46-24(53)14-48(13-23(52)45-8-4-2-3-5-28(57)77-49-26(55)6-7-27(49)56)15-25(54)47-10-12-70-43-39(68)40(76-44-38(67)35(64)31(60)21(17-51)74-44)32(61)22(75-43)18-71-42-37(66)34(63)30(59)20(16-50)73-42/h19-22,29-44,50-51,58-68H,2-18H2,1H3,(H,45,52)(H,46,53)(H,47,54)/t19-,20+,21+,22+,29+,30+,31+,32+,33+,34-,35-,36-,37-,38-,39+,40-,41+,42-,43+,44+/m0/s1. The number of imide groups is 1. The molecule has 77 heavy (non-hydrogen) atoms. The van der Waals surface area contributed by atoms with Gasteiger partial charge in [0.15, 0.2) is 25.2 Å². The number of ether oxygens (including phenoxy) is 8. The fraction of sp³-hybridized carbons (Fsp3) is 0.864. The zero-order chi connectivity index (χ0) is 56.7. The van der Waals surface area contributed by atoms with E-state index in [0.717, 1.165) is 0 Å². The maximum Gasteiger partial charge on any atom is 0.333 e. The number of hydrogen-bond donors (Lipinski definition) is 16. The van der Waals surface area contributed by atoms with Gasteiger partial charge in [0.2, 0.25) is 17.7 Å². The number of amides is 5. The van der Waals surface area contributed by atoms with Crippen LogP contribution in [0.5, 0.6) is 0 Å². The number of aliphatic hydroxyl groups excluding tert-OH is 13. The first kappa shape index (κ1) is 64.0. The Morgan fingerprint density at radius 2 is 0.987 bits per heavy atom. The van der Waals surface area contributed by atoms with Crippen LogP contribution in [0.4, 0.5) is 0 Å². The number of nitrogens with one attached hydrogen (secondary N) is 3. The van der Waals surface area contributed by atoms with E-state index in [2.05, 4.69) is 16.0 Å². The van der Waals surface area contributed by atoms with Gasteiger partial charge < -0.3 is 125 Å². The molecular weight excluding hydrogens is 1050 g/mol. The molecule has 5 amide bonds. The van der Waals surface area contributed by atoms with Crippen LogP contribution in [0.1, 0.15) is 45.4 Å². The second kappa shape index (κ2) is 30.7. The lowest BCUT2D eigenvalue weighted by molar-refractivity contribution is -0.366. The minimum absolute atomic E-state index is 0.0547. The van der Waals surface area contributed by atoms with E-state index in [1.165, 1.54) is 11.8 Å². The van der Waals surface area contributed by atoms with E-state index < -0.39 is 204 Å². The summed E-state index contributed by atoms with van der Waals surface area (Å²) in [6.07, 6.45) is -32.6. The highest BCUT2D eigenvalue weighted by molar-refractivity contribution is 6.01. The number of hydrogen-bond acceptors (Lipinski definition) is 29. The molecule has 33 heteroatoms. The van der Waals surface area contributed by atoms with Crippen LogP contribution < -0.4 is 16.0 Å². The Bertz CT molecular complexity index is 1890. The van der Waals surface area contributed by atoms with Crippen molar-refractivity contribution in [2.45, 2.75) is 168 Å². The van der Waals surface area contributed by atoms with Crippen LogP contribution >= 0.6 is 0 Å². The van der Waals surface area contributed by atoms with Gasteiger partial charge in [-0.1, -0.05) is 6.42 Å². The Hall–Kier alpha value is -3.86. The first-order chi connectivity index (χ1) is 36.6. The van der Waals surface area contributed by atoms with Gasteiger partial charge in [0, 0.05) is 38.9 Å². The molecule has 5 aliphatic rings. The third-order valence-corrected chi connectivity index (χ3v) is 13.0. The summed E-state index contributed by atoms with van der Waals surface area (Å²) in [5, 5.41) is 142. The molecule has 5 saturated heterocycles. The first-order valence-corrected chi connectivity index (χ1v) is 25.0. The van der Waals surface area contributed by atoms with Crippen molar-refractivity contribution in [3.63, 3.8) is 0 Å². The number of hydroxylamine groups is 2. The van der Waals surface area contributed by atoms with Crippen LogP contribution in [-0.4, -0.2) is 307 Å². The van der Waals surface area contributed by atoms with Crippen molar-refractivity contribution in [3.05, 3.63) is 0 Å². The van der Waals surface area contributed by atoms with Crippen molar-refractivity contribution in [2.24, 2.45) is 0 Å². The molecule has 0 aromatic heterocycles. The number of carbonyl (C=O) groups is 6. The highest BCUT2D eigenvalue weighted by Crippen LogP contribution is 2.31. The van der Waals surface area contributed by atoms with E-state index in [1.54, 1.807) is 0 Å². The van der Waals surface area contributed by atoms with Crippen LogP contribution in [0.25, 0.3) is 0 Å². The maximum atomic E-state index is 13.3. The number of rotatable bonds is 28. The van der Waals surface area contributed by atoms with Gasteiger partial charge in [-0.05, 0) is 19.8 Å². The average molecular weight is 1120 g/mol. The van der Waals surface area contributed by atoms with Crippen molar-refractivity contribution in [2.75, 3.05) is 72.3 Å². The van der Waals surface area contributed by atoms with Gasteiger partial charge in [0.25, 0.3) is 11.8 Å². The quantitative estimate of drug-likeness (QED) is 0.0255. The lowest BCUT2D eigenvalue weighted by atomic mass is 9.96. The molecule has 5 aliphatic heterocycles. The highest BCUT2D eigenvalue weighted by Gasteiger charge is 2.52. The Kier molecular flexibility index (Phi) is 25.5. The minimum atomic E-state index is -1.99. The number of aliphatic hydroxyl groups is 13. The van der Waals surface area contributed by atoms with Gasteiger partial charge in [0.05, 0.1) is 58.8 Å². The predicted octanol–water partition coefficient (Wildman–Crippen LogP) is -10.9. The molecular formula is C44H73N5O28. The molecule has 442 valence electrons. The summed E-state index contributed by atoms with van der Waals surface area (Å²) in [6.45, 7) is -3.61. The molecule has 5 heterocycles. The van der Waals surface area contributed by atoms with E-state index in [-0.39, 0.29) is 45.5 Å². The Labute approximate surface area is 439 Å². The zero-order valence-corrected chi connectivity index (χ0v) is 41.9. The van der Waals surface area contributed by atoms with Crippen LogP contribution in [0.2, 0.25) is 0 Å². The molecule has 0 aromatic rings. The van der Waals surface area contributed by atoms with Gasteiger partial charge in [-0.25, -0.2) is 4.79 Å². The van der Waals surface area contributed by atoms with Crippen molar-refractivity contribution in [1.82, 2.24) is 25.9 Å². The average Bonchev–Trinajstić information content (AvgIpc) is 3.72. The Morgan fingerprint density at radius 3 is 1.52 bits per heavy atom. The van der Waals surface area contributed by atoms with Gasteiger partial charge >= 0.3 is 5.97 Å². The van der Waals surface area contributed by atoms with E-state index >= 15 is 0 Å². The van der Waals surface area contributed by atoms with Gasteiger partial charge in [-0.15, -0.1) is 5.06 Å². The Morgan fingerprint density at radius 1 is 0.532 bits per heavy atom. The molecule has 33 nitrogen and oxygen atoms in total. The van der Waals surface area contributed by atoms with Crippen molar-refractivity contribution < 1.29 is 138 Å². The van der Waals surface area contributed by atoms with Crippen LogP contribution in [-0.2, 0) is 71.5 Å². The maximum absolute atomic E-state index is 13.3. The van der Waals surface area contributed by atoms with Crippen LogP contribution in [0.3, 0.4) is 0 Å². The zero-order valence-electron chi connectivity index (χ0n) is 41.9. The fourth-order valence-electron chi connectivity index (χ4n) is 8.50. The third-order valence-electron chi connectivity index (χ3n) is 13.0. The molecule has 5 rings (SSSR count). The molecule has 0 spiro atoms. The molecule has 0 unspecified atom stereocenters. The second-order valence-corrected chi connectivity index (χ2v) is 18.8. The van der Waals surface area contributed by atoms with Gasteiger partial charge in [-0.3, -0.25) is 28.9 Å². The minimum Gasteiger partial charge on any atom is -0.394 e. The molecule has 0 saturated carbocycles. The largest absolute Gasteiger partial charge is 0.394 e. The fourth-order valence-corrected chi connectivity index (χ4v) is 8.50. The SMILES string of the molecule is C[C@@H]1O[C@@H](OCCNC(=O)CN(CC(=O)NCCCCCC(=O)ON2C(=O)CCC2=O)CC(=O)NCCO[C@@H]2O[C@H](CO[C@H]3O[C@H](CO)[C@@H](O)[C@H](O)[C@@H]3O)[C@@H](O)[C@H](O[C@H]3O[C@H](CO)[C@@H](O)[C@H](O)[C@@H]3O)[C@H]2O)[C@@H](O)[C@H](O)[C@@H]1O. The summed E-state index contributed by atoms with van der Waals surface area (Å²) < 4.78 is 44.2. The predicted molar refractivity (Wildman–Crippen MR) is 244 cm³/mol. The van der Waals surface area contributed by atoms with E-state index in [4.69, 9.17) is 42.7 Å².